The number of benzene rings is 2. The fourth-order valence-corrected chi connectivity index (χ4v) is 4.29. The summed E-state index contributed by atoms with van der Waals surface area (Å²) in [6.45, 7) is 1.99. The first-order valence-electron chi connectivity index (χ1n) is 9.51. The van der Waals surface area contributed by atoms with Gasteiger partial charge in [0.15, 0.2) is 11.8 Å². The topological polar surface area (TPSA) is 111 Å². The summed E-state index contributed by atoms with van der Waals surface area (Å²) in [5.74, 6) is -0.847. The van der Waals surface area contributed by atoms with Gasteiger partial charge in [-0.3, -0.25) is 14.5 Å². The van der Waals surface area contributed by atoms with Crippen LogP contribution in [0.4, 0.5) is 5.69 Å². The Hall–Kier alpha value is -3.11. The normalized spacial score (nSPS) is 16.0. The van der Waals surface area contributed by atoms with Crippen LogP contribution < -0.4 is 10.5 Å². The zero-order valence-electron chi connectivity index (χ0n) is 17.3. The van der Waals surface area contributed by atoms with E-state index in [0.717, 1.165) is 4.47 Å². The fourth-order valence-electron chi connectivity index (χ4n) is 2.85. The van der Waals surface area contributed by atoms with E-state index in [4.69, 9.17) is 15.2 Å². The van der Waals surface area contributed by atoms with Crippen LogP contribution in [0.15, 0.2) is 56.8 Å². The molecule has 0 spiro atoms. The highest BCUT2D eigenvalue weighted by Crippen LogP contribution is 2.36. The predicted octanol–water partition coefficient (Wildman–Crippen LogP) is 3.72. The van der Waals surface area contributed by atoms with Gasteiger partial charge in [0.05, 0.1) is 23.3 Å². The third kappa shape index (κ3) is 5.57. The van der Waals surface area contributed by atoms with E-state index in [-0.39, 0.29) is 12.5 Å². The molecule has 1 saturated heterocycles. The molecule has 1 aliphatic heterocycles. The van der Waals surface area contributed by atoms with Gasteiger partial charge in [-0.25, -0.2) is 9.79 Å². The van der Waals surface area contributed by atoms with Gasteiger partial charge in [0.2, 0.25) is 0 Å². The average Bonchev–Trinajstić information content (AvgIpc) is 3.06. The average molecular weight is 518 g/mol. The van der Waals surface area contributed by atoms with E-state index in [1.165, 1.54) is 18.9 Å². The molecule has 2 aromatic carbocycles. The molecule has 0 unspecified atom stereocenters. The highest BCUT2D eigenvalue weighted by Gasteiger charge is 2.32. The summed E-state index contributed by atoms with van der Waals surface area (Å²) < 4.78 is 11.0. The van der Waals surface area contributed by atoms with Crippen LogP contribution in [-0.2, 0) is 14.3 Å². The number of hydrogen-bond acceptors (Lipinski definition) is 7. The van der Waals surface area contributed by atoms with Crippen LogP contribution >= 0.6 is 27.7 Å². The number of esters is 1. The number of ether oxygens (including phenoxy) is 2. The fraction of sp³-hybridized carbons (Fsp3) is 0.182. The molecule has 0 aliphatic carbocycles. The molecule has 0 atom stereocenters. The lowest BCUT2D eigenvalue weighted by Gasteiger charge is -2.12. The monoisotopic (exact) mass is 517 g/mol. The molecule has 1 aliphatic rings. The van der Waals surface area contributed by atoms with Gasteiger partial charge in [0.25, 0.3) is 11.8 Å². The van der Waals surface area contributed by atoms with Crippen molar-refractivity contribution in [2.24, 2.45) is 10.7 Å². The quantitative estimate of drug-likeness (QED) is 0.442. The Morgan fingerprint density at radius 3 is 2.72 bits per heavy atom. The highest BCUT2D eigenvalue weighted by atomic mass is 79.9. The third-order valence-electron chi connectivity index (χ3n) is 4.32. The number of primary amides is 1. The number of nitrogens with zero attached hydrogens (tertiary/aromatic N) is 2. The zero-order chi connectivity index (χ0) is 23.3. The Labute approximate surface area is 197 Å². The molecule has 2 N–H and O–H groups in total. The summed E-state index contributed by atoms with van der Waals surface area (Å²) in [6.07, 6.45) is 1.68. The molecule has 32 heavy (non-hydrogen) atoms. The molecule has 1 heterocycles. The number of nitrogens with two attached hydrogens (primary N) is 1. The summed E-state index contributed by atoms with van der Waals surface area (Å²) in [5.41, 5.74) is 6.68. The van der Waals surface area contributed by atoms with E-state index in [2.05, 4.69) is 20.9 Å². The van der Waals surface area contributed by atoms with E-state index in [1.807, 2.05) is 6.92 Å². The van der Waals surface area contributed by atoms with Gasteiger partial charge in [0.1, 0.15) is 5.75 Å². The standard InChI is InChI=1S/C22H20BrN3O5S/c1-3-26-20(28)18(11-14-9-15(23)7-8-17(14)31-12-19(24)27)32-22(26)25-16-6-4-5-13(10-16)21(29)30-2/h4-11H,3,12H2,1-2H3,(H2,24,27). The highest BCUT2D eigenvalue weighted by molar-refractivity contribution is 9.10. The Morgan fingerprint density at radius 1 is 1.25 bits per heavy atom. The van der Waals surface area contributed by atoms with Gasteiger partial charge in [-0.15, -0.1) is 0 Å². The van der Waals surface area contributed by atoms with Crippen molar-refractivity contribution in [1.29, 1.82) is 0 Å². The number of likely N-dealkylation sites (N-methyl/N-ethyl adjacent to an activating group) is 1. The van der Waals surface area contributed by atoms with Crippen LogP contribution in [0.5, 0.6) is 5.75 Å². The lowest BCUT2D eigenvalue weighted by molar-refractivity contribution is -0.122. The van der Waals surface area contributed by atoms with Crippen LogP contribution in [-0.4, -0.2) is 48.1 Å². The summed E-state index contributed by atoms with van der Waals surface area (Å²) in [5, 5.41) is 0.486. The molecule has 0 radical (unpaired) electrons. The summed E-state index contributed by atoms with van der Waals surface area (Å²) in [4.78, 5) is 42.4. The minimum atomic E-state index is -0.599. The summed E-state index contributed by atoms with van der Waals surface area (Å²) in [6, 6.07) is 11.9. The van der Waals surface area contributed by atoms with Crippen LogP contribution in [0.3, 0.4) is 0 Å². The Balaban J connectivity index is 1.95. The molecule has 10 heteroatoms. The molecule has 3 rings (SSSR count). The van der Waals surface area contributed by atoms with Gasteiger partial charge < -0.3 is 15.2 Å². The Morgan fingerprint density at radius 2 is 2.03 bits per heavy atom. The predicted molar refractivity (Wildman–Crippen MR) is 127 cm³/mol. The number of methoxy groups -OCH3 is 1. The number of amides is 2. The van der Waals surface area contributed by atoms with Gasteiger partial charge in [-0.1, -0.05) is 22.0 Å². The van der Waals surface area contributed by atoms with Crippen LogP contribution in [0.1, 0.15) is 22.8 Å². The number of thioether (sulfide) groups is 1. The van der Waals surface area contributed by atoms with Crippen molar-refractivity contribution in [3.63, 3.8) is 0 Å². The number of carbonyl (C=O) groups is 3. The summed E-state index contributed by atoms with van der Waals surface area (Å²) in [7, 11) is 1.31. The van der Waals surface area contributed by atoms with E-state index < -0.39 is 11.9 Å². The third-order valence-corrected chi connectivity index (χ3v) is 5.82. The number of halogens is 1. The maximum absolute atomic E-state index is 13.0. The van der Waals surface area contributed by atoms with Crippen molar-refractivity contribution in [3.8, 4) is 5.75 Å². The number of aliphatic imine (C=N–C) groups is 1. The zero-order valence-corrected chi connectivity index (χ0v) is 19.7. The second kappa shape index (κ2) is 10.5. The number of carbonyl (C=O) groups excluding carboxylic acids is 3. The first-order chi connectivity index (χ1) is 15.3. The van der Waals surface area contributed by atoms with Crippen molar-refractivity contribution in [3.05, 3.63) is 63.0 Å². The van der Waals surface area contributed by atoms with Gasteiger partial charge in [-0.2, -0.15) is 0 Å². The van der Waals surface area contributed by atoms with E-state index in [9.17, 15) is 14.4 Å². The van der Waals surface area contributed by atoms with Crippen molar-refractivity contribution >= 4 is 62.4 Å². The molecule has 166 valence electrons. The maximum Gasteiger partial charge on any atom is 0.337 e. The smallest absolute Gasteiger partial charge is 0.337 e. The number of hydrogen-bond donors (Lipinski definition) is 1. The van der Waals surface area contributed by atoms with E-state index in [1.54, 1.807) is 53.4 Å². The van der Waals surface area contributed by atoms with Crippen molar-refractivity contribution in [2.75, 3.05) is 20.3 Å². The van der Waals surface area contributed by atoms with Crippen LogP contribution in [0.25, 0.3) is 6.08 Å². The lowest BCUT2D eigenvalue weighted by Crippen LogP contribution is -2.28. The number of amidine groups is 1. The number of rotatable bonds is 7. The molecule has 0 aromatic heterocycles. The summed E-state index contributed by atoms with van der Waals surface area (Å²) >= 11 is 4.62. The second-order valence-electron chi connectivity index (χ2n) is 6.53. The SMILES string of the molecule is CCN1C(=O)C(=Cc2cc(Br)ccc2OCC(N)=O)SC1=Nc1cccc(C(=O)OC)c1. The Kier molecular flexibility index (Phi) is 7.70. The molecule has 2 amide bonds. The molecule has 8 nitrogen and oxygen atoms in total. The largest absolute Gasteiger partial charge is 0.483 e. The van der Waals surface area contributed by atoms with E-state index in [0.29, 0.717) is 39.2 Å². The second-order valence-corrected chi connectivity index (χ2v) is 8.46. The lowest BCUT2D eigenvalue weighted by atomic mass is 10.2. The van der Waals surface area contributed by atoms with Crippen LogP contribution in [0.2, 0.25) is 0 Å². The molecular formula is C22H20BrN3O5S. The molecule has 0 bridgehead atoms. The van der Waals surface area contributed by atoms with Crippen molar-refractivity contribution < 1.29 is 23.9 Å². The molecule has 2 aromatic rings. The van der Waals surface area contributed by atoms with Gasteiger partial charge >= 0.3 is 5.97 Å². The minimum Gasteiger partial charge on any atom is -0.483 e. The van der Waals surface area contributed by atoms with Crippen molar-refractivity contribution in [2.45, 2.75) is 6.92 Å². The van der Waals surface area contributed by atoms with Crippen LogP contribution in [0, 0.1) is 0 Å². The maximum atomic E-state index is 13.0. The first-order valence-corrected chi connectivity index (χ1v) is 11.1. The Bertz CT molecular complexity index is 1130. The van der Waals surface area contributed by atoms with E-state index >= 15 is 0 Å². The van der Waals surface area contributed by atoms with Gasteiger partial charge in [-0.05, 0) is 61.2 Å². The first kappa shape index (κ1) is 23.6. The minimum absolute atomic E-state index is 0.207. The molecule has 0 saturated carbocycles. The molecule has 1 fully saturated rings. The van der Waals surface area contributed by atoms with Crippen molar-refractivity contribution in [1.82, 2.24) is 4.90 Å². The van der Waals surface area contributed by atoms with Gasteiger partial charge in [0, 0.05) is 16.6 Å². The molecular weight excluding hydrogens is 498 g/mol.